The first kappa shape index (κ1) is 23.0. The van der Waals surface area contributed by atoms with Crippen LogP contribution in [0.2, 0.25) is 0 Å². The van der Waals surface area contributed by atoms with E-state index in [9.17, 15) is 10.2 Å². The van der Waals surface area contributed by atoms with Crippen molar-refractivity contribution in [3.8, 4) is 0 Å². The largest absolute Gasteiger partial charge is 0.392 e. The first-order chi connectivity index (χ1) is 12.6. The second kappa shape index (κ2) is 9.51. The van der Waals surface area contributed by atoms with Crippen molar-refractivity contribution in [1.82, 2.24) is 0 Å². The van der Waals surface area contributed by atoms with Crippen LogP contribution in [-0.2, 0) is 18.9 Å². The van der Waals surface area contributed by atoms with Gasteiger partial charge in [-0.2, -0.15) is 0 Å². The topological polar surface area (TPSA) is 77.4 Å². The zero-order valence-corrected chi connectivity index (χ0v) is 18.1. The summed E-state index contributed by atoms with van der Waals surface area (Å²) in [5.74, 6) is 0.0350. The Hall–Kier alpha value is -0.240. The molecule has 0 aromatic heterocycles. The van der Waals surface area contributed by atoms with Gasteiger partial charge in [-0.25, -0.2) is 0 Å². The molecule has 2 saturated heterocycles. The van der Waals surface area contributed by atoms with Gasteiger partial charge in [-0.3, -0.25) is 0 Å². The Labute approximate surface area is 164 Å². The fourth-order valence-corrected chi connectivity index (χ4v) is 4.80. The predicted molar refractivity (Wildman–Crippen MR) is 104 cm³/mol. The number of hydrogen-bond donors (Lipinski definition) is 2. The number of aliphatic hydroxyl groups is 2. The summed E-state index contributed by atoms with van der Waals surface area (Å²) < 4.78 is 23.5. The van der Waals surface area contributed by atoms with Crippen LogP contribution in [0.1, 0.15) is 48.0 Å². The molecule has 0 aromatic rings. The zero-order valence-electron chi connectivity index (χ0n) is 18.1. The summed E-state index contributed by atoms with van der Waals surface area (Å²) in [6.45, 7) is 13.5. The third-order valence-electron chi connectivity index (χ3n) is 6.80. The lowest BCUT2D eigenvalue weighted by molar-refractivity contribution is -0.230. The van der Waals surface area contributed by atoms with E-state index in [4.69, 9.17) is 18.9 Å². The molecule has 0 saturated carbocycles. The molecule has 0 amide bonds. The van der Waals surface area contributed by atoms with Crippen LogP contribution in [0, 0.1) is 23.7 Å². The fraction of sp³-hybridized carbons (Fsp3) is 1.00. The zero-order chi connectivity index (χ0) is 20.4. The average Bonchev–Trinajstić information content (AvgIpc) is 2.60. The Morgan fingerprint density at radius 3 is 2.15 bits per heavy atom. The third kappa shape index (κ3) is 5.03. The third-order valence-corrected chi connectivity index (χ3v) is 6.80. The highest BCUT2D eigenvalue weighted by Crippen LogP contribution is 2.39. The van der Waals surface area contributed by atoms with Gasteiger partial charge in [0.15, 0.2) is 0 Å². The molecule has 0 bridgehead atoms. The lowest BCUT2D eigenvalue weighted by Gasteiger charge is -2.49. The molecule has 0 spiro atoms. The summed E-state index contributed by atoms with van der Waals surface area (Å²) in [5.41, 5.74) is -0.378. The first-order valence-electron chi connectivity index (χ1n) is 10.4. The van der Waals surface area contributed by atoms with E-state index in [0.29, 0.717) is 19.8 Å². The van der Waals surface area contributed by atoms with Crippen molar-refractivity contribution in [3.05, 3.63) is 0 Å². The van der Waals surface area contributed by atoms with Crippen molar-refractivity contribution in [2.75, 3.05) is 26.9 Å². The van der Waals surface area contributed by atoms with Crippen molar-refractivity contribution in [2.24, 2.45) is 23.7 Å². The maximum atomic E-state index is 10.7. The molecular formula is C21H40O6. The Kier molecular flexibility index (Phi) is 8.11. The Morgan fingerprint density at radius 1 is 0.926 bits per heavy atom. The van der Waals surface area contributed by atoms with Crippen LogP contribution >= 0.6 is 0 Å². The van der Waals surface area contributed by atoms with Crippen molar-refractivity contribution in [3.63, 3.8) is 0 Å². The summed E-state index contributed by atoms with van der Waals surface area (Å²) in [5, 5.41) is 21.4. The molecule has 2 aliphatic rings. The van der Waals surface area contributed by atoms with Crippen molar-refractivity contribution >= 4 is 0 Å². The molecule has 9 atom stereocenters. The molecule has 160 valence electrons. The first-order valence-corrected chi connectivity index (χ1v) is 10.4. The number of hydrogen-bond acceptors (Lipinski definition) is 6. The molecule has 2 N–H and O–H groups in total. The van der Waals surface area contributed by atoms with Crippen molar-refractivity contribution in [2.45, 2.75) is 84.1 Å². The van der Waals surface area contributed by atoms with Gasteiger partial charge >= 0.3 is 0 Å². The Balaban J connectivity index is 1.90. The number of rotatable bonds is 7. The molecule has 6 heteroatoms. The Morgan fingerprint density at radius 2 is 1.56 bits per heavy atom. The van der Waals surface area contributed by atoms with E-state index in [0.717, 1.165) is 6.42 Å². The van der Waals surface area contributed by atoms with Gasteiger partial charge in [0.2, 0.25) is 0 Å². The average molecular weight is 389 g/mol. The van der Waals surface area contributed by atoms with Crippen molar-refractivity contribution < 1.29 is 29.2 Å². The van der Waals surface area contributed by atoms with Crippen LogP contribution < -0.4 is 0 Å². The predicted octanol–water partition coefficient (Wildman–Crippen LogP) is 2.25. The molecule has 2 rings (SSSR count). The van der Waals surface area contributed by atoms with E-state index < -0.39 is 12.2 Å². The van der Waals surface area contributed by atoms with Gasteiger partial charge in [0, 0.05) is 30.8 Å². The van der Waals surface area contributed by atoms with Gasteiger partial charge in [0.1, 0.15) is 0 Å². The lowest BCUT2D eigenvalue weighted by atomic mass is 9.74. The van der Waals surface area contributed by atoms with Crippen LogP contribution in [0.15, 0.2) is 0 Å². The summed E-state index contributed by atoms with van der Waals surface area (Å²) >= 11 is 0. The smallest absolute Gasteiger partial charge is 0.0866 e. The van der Waals surface area contributed by atoms with E-state index in [1.165, 1.54) is 0 Å². The minimum atomic E-state index is -0.495. The second-order valence-corrected chi connectivity index (χ2v) is 9.01. The van der Waals surface area contributed by atoms with Gasteiger partial charge in [0.05, 0.1) is 55.9 Å². The lowest BCUT2D eigenvalue weighted by Crippen LogP contribution is -2.56. The van der Waals surface area contributed by atoms with Crippen LogP contribution in [0.3, 0.4) is 0 Å². The van der Waals surface area contributed by atoms with Gasteiger partial charge in [-0.15, -0.1) is 0 Å². The van der Waals surface area contributed by atoms with Crippen LogP contribution in [0.4, 0.5) is 0 Å². The molecule has 0 aromatic carbocycles. The summed E-state index contributed by atoms with van der Waals surface area (Å²) in [4.78, 5) is 0. The summed E-state index contributed by atoms with van der Waals surface area (Å²) in [6.07, 6.45) is -0.369. The molecule has 27 heavy (non-hydrogen) atoms. The van der Waals surface area contributed by atoms with E-state index in [1.54, 1.807) is 7.11 Å². The summed E-state index contributed by atoms with van der Waals surface area (Å²) in [7, 11) is 1.65. The highest BCUT2D eigenvalue weighted by molar-refractivity contribution is 4.95. The maximum Gasteiger partial charge on any atom is 0.0866 e. The van der Waals surface area contributed by atoms with E-state index in [-0.39, 0.29) is 47.6 Å². The van der Waals surface area contributed by atoms with Crippen LogP contribution in [-0.4, -0.2) is 73.3 Å². The minimum absolute atomic E-state index is 0.00864. The standard InChI is InChI=1S/C21H40O6/c1-8-16-20(23)13(3)18(27-21(16,5)6)11-25-9-15-14(4)26-17(10-24-7)12(2)19(15)22/h12-20,22-23H,8-11H2,1-7H3/t12?,13?,14?,15-,16+,17-,18+,19+,20+/m1/s1. The molecule has 2 fully saturated rings. The van der Waals surface area contributed by atoms with E-state index >= 15 is 0 Å². The quantitative estimate of drug-likeness (QED) is 0.697. The molecule has 0 radical (unpaired) electrons. The van der Waals surface area contributed by atoms with Crippen molar-refractivity contribution in [1.29, 1.82) is 0 Å². The minimum Gasteiger partial charge on any atom is -0.392 e. The molecule has 2 heterocycles. The second-order valence-electron chi connectivity index (χ2n) is 9.01. The van der Waals surface area contributed by atoms with Crippen LogP contribution in [0.5, 0.6) is 0 Å². The number of ether oxygens (including phenoxy) is 4. The van der Waals surface area contributed by atoms with Gasteiger partial charge in [-0.1, -0.05) is 20.8 Å². The molecule has 3 unspecified atom stereocenters. The fourth-order valence-electron chi connectivity index (χ4n) is 4.80. The van der Waals surface area contributed by atoms with Crippen LogP contribution in [0.25, 0.3) is 0 Å². The van der Waals surface area contributed by atoms with Gasteiger partial charge in [0.25, 0.3) is 0 Å². The summed E-state index contributed by atoms with van der Waals surface area (Å²) in [6, 6.07) is 0. The molecular weight excluding hydrogens is 348 g/mol. The maximum absolute atomic E-state index is 10.7. The van der Waals surface area contributed by atoms with E-state index in [2.05, 4.69) is 6.92 Å². The number of aliphatic hydroxyl groups excluding tert-OH is 2. The molecule has 0 aliphatic carbocycles. The van der Waals surface area contributed by atoms with Gasteiger partial charge in [-0.05, 0) is 27.2 Å². The Bertz CT molecular complexity index is 456. The highest BCUT2D eigenvalue weighted by Gasteiger charge is 2.47. The SMILES string of the molecule is CC[C@H]1[C@@H](O)C(C)[C@H](COC[C@@H]2C(C)O[C@H](COC)C(C)[C@@H]2O)OC1(C)C. The number of methoxy groups -OCH3 is 1. The monoisotopic (exact) mass is 388 g/mol. The molecule has 2 aliphatic heterocycles. The molecule has 6 nitrogen and oxygen atoms in total. The van der Waals surface area contributed by atoms with E-state index in [1.807, 2.05) is 34.6 Å². The normalized spacial score (nSPS) is 45.0. The van der Waals surface area contributed by atoms with Gasteiger partial charge < -0.3 is 29.2 Å². The highest BCUT2D eigenvalue weighted by atomic mass is 16.6.